The minimum absolute atomic E-state index is 0.00190. The van der Waals surface area contributed by atoms with Crippen LogP contribution < -0.4 is 22.1 Å². The molecule has 314 valence electrons. The molecule has 1 fully saturated rings. The van der Waals surface area contributed by atoms with Gasteiger partial charge in [0, 0.05) is 58.8 Å². The number of Topliss-reactive ketones (excluding diaryl/α,β-unsaturated/α-hetero) is 2. The number of aromatic hydroxyl groups is 1. The monoisotopic (exact) mass is 792 g/mol. The van der Waals surface area contributed by atoms with Gasteiger partial charge in [-0.25, -0.2) is 6.57 Å². The second kappa shape index (κ2) is 29.7. The predicted octanol–water partition coefficient (Wildman–Crippen LogP) is 0.178. The van der Waals surface area contributed by atoms with Crippen LogP contribution in [0.4, 0.5) is 0 Å². The molecule has 4 amide bonds. The molecule has 1 aromatic rings. The summed E-state index contributed by atoms with van der Waals surface area (Å²) in [6.07, 6.45) is 2.52. The number of rotatable bonds is 28. The van der Waals surface area contributed by atoms with E-state index in [0.29, 0.717) is 65.4 Å². The fraction of sp³-hybridized carbons (Fsp3) is 0.658. The predicted molar refractivity (Wildman–Crippen MR) is 204 cm³/mol. The van der Waals surface area contributed by atoms with E-state index in [1.165, 1.54) is 11.9 Å². The lowest BCUT2D eigenvalue weighted by atomic mass is 9.92. The van der Waals surface area contributed by atoms with Gasteiger partial charge in [-0.15, -0.1) is 0 Å². The highest BCUT2D eigenvalue weighted by atomic mass is 16.5. The molecule has 1 unspecified atom stereocenters. The Labute approximate surface area is 328 Å². The molecule has 18 nitrogen and oxygen atoms in total. The van der Waals surface area contributed by atoms with E-state index in [1.807, 2.05) is 6.92 Å². The first kappa shape index (κ1) is 49.5. The summed E-state index contributed by atoms with van der Waals surface area (Å²) in [6, 6.07) is 5.85. The van der Waals surface area contributed by atoms with Crippen LogP contribution in [0, 0.1) is 12.5 Å². The molecule has 0 saturated carbocycles. The molecule has 1 aliphatic rings. The van der Waals surface area contributed by atoms with Gasteiger partial charge in [0.15, 0.2) is 5.78 Å². The molecular formula is C38H60N6O12. The lowest BCUT2D eigenvalue weighted by Gasteiger charge is -2.20. The van der Waals surface area contributed by atoms with Crippen LogP contribution in [0.2, 0.25) is 0 Å². The highest BCUT2D eigenvalue weighted by molar-refractivity contribution is 5.86. The van der Waals surface area contributed by atoms with Gasteiger partial charge in [0.2, 0.25) is 23.6 Å². The Balaban J connectivity index is 0.000000689. The van der Waals surface area contributed by atoms with Crippen molar-refractivity contribution in [2.45, 2.75) is 76.4 Å². The van der Waals surface area contributed by atoms with E-state index < -0.39 is 30.6 Å². The largest absolute Gasteiger partial charge is 0.508 e. The third-order valence-corrected chi connectivity index (χ3v) is 8.58. The van der Waals surface area contributed by atoms with Crippen molar-refractivity contribution in [3.63, 3.8) is 0 Å². The van der Waals surface area contributed by atoms with Gasteiger partial charge in [0.25, 0.3) is 0 Å². The molecule has 1 aliphatic heterocycles. The summed E-state index contributed by atoms with van der Waals surface area (Å²) in [4.78, 5) is 74.7. The van der Waals surface area contributed by atoms with Gasteiger partial charge >= 0.3 is 6.17 Å². The fourth-order valence-corrected chi connectivity index (χ4v) is 5.30. The van der Waals surface area contributed by atoms with Crippen LogP contribution in [0.15, 0.2) is 24.3 Å². The quantitative estimate of drug-likeness (QED) is 0.0489. The van der Waals surface area contributed by atoms with Gasteiger partial charge < -0.3 is 51.3 Å². The van der Waals surface area contributed by atoms with Gasteiger partial charge in [0.1, 0.15) is 24.7 Å². The smallest absolute Gasteiger partial charge is 0.300 e. The number of primary amides is 1. The molecule has 2 rings (SSSR count). The molecule has 4 atom stereocenters. The number of hydrogen-bond donors (Lipinski definition) is 6. The number of phenolic OH excluding ortho intramolecular Hbond substituents is 1. The molecule has 0 spiro atoms. The molecule has 0 bridgehead atoms. The molecule has 18 heteroatoms. The number of benzene rings is 1. The van der Waals surface area contributed by atoms with Crippen molar-refractivity contribution in [2.75, 3.05) is 79.6 Å². The Hall–Kier alpha value is -4.51. The number of likely N-dealkylation sites (N-methyl/N-ethyl adjacent to an activating group) is 1. The SMILES string of the molecule is CC(CC(=O)C[C@@H](CO)C(N)=O)c1ccc(O)cc1.[C-]#[N+][C@@H]1CCCN1C(=O)[C@@H](N)CCC(=O)NCCOCCOCC(=O)CCCOCCOCC(=O)NC. The third-order valence-electron chi connectivity index (χ3n) is 8.58. The minimum atomic E-state index is -0.806. The first-order valence-corrected chi connectivity index (χ1v) is 18.8. The molecule has 1 saturated heterocycles. The van der Waals surface area contributed by atoms with Crippen LogP contribution in [-0.2, 0) is 47.7 Å². The number of ether oxygens (including phenoxy) is 4. The van der Waals surface area contributed by atoms with E-state index >= 15 is 0 Å². The van der Waals surface area contributed by atoms with Gasteiger partial charge in [-0.05, 0) is 42.9 Å². The minimum Gasteiger partial charge on any atom is -0.508 e. The van der Waals surface area contributed by atoms with E-state index in [4.69, 9.17) is 42.1 Å². The van der Waals surface area contributed by atoms with Crippen LogP contribution in [0.25, 0.3) is 4.85 Å². The zero-order valence-corrected chi connectivity index (χ0v) is 32.6. The standard InChI is InChI=1S/C24H41N5O8.C14H19NO4/c1-26-21-6-3-10-29(21)24(33)20(25)7-8-22(31)28-9-12-35-14-15-36-17-19(30)5-4-11-34-13-16-37-18-23(32)27-2;1-9(10-2-4-12(17)5-3-10)6-13(18)7-11(8-16)14(15)19/h20-21H,3-18,25H2,2H3,(H,27,32)(H,28,31);2-5,9,11,16-17H,6-8H2,1H3,(H2,15,19)/t20-,21-;9?,11-/m00/s1. The molecule has 0 aliphatic carbocycles. The summed E-state index contributed by atoms with van der Waals surface area (Å²) in [7, 11) is 1.54. The number of nitrogens with one attached hydrogen (secondary N) is 2. The Morgan fingerprint density at radius 1 is 0.911 bits per heavy atom. The number of ketones is 2. The second-order valence-electron chi connectivity index (χ2n) is 13.1. The molecular weight excluding hydrogens is 732 g/mol. The first-order valence-electron chi connectivity index (χ1n) is 18.8. The summed E-state index contributed by atoms with van der Waals surface area (Å²) in [6.45, 7) is 11.4. The molecule has 1 heterocycles. The normalized spacial score (nSPS) is 15.1. The molecule has 56 heavy (non-hydrogen) atoms. The van der Waals surface area contributed by atoms with Crippen LogP contribution in [0.1, 0.15) is 69.8 Å². The lowest BCUT2D eigenvalue weighted by molar-refractivity contribution is -0.133. The summed E-state index contributed by atoms with van der Waals surface area (Å²) in [5.74, 6) is -2.14. The summed E-state index contributed by atoms with van der Waals surface area (Å²) in [5.41, 5.74) is 11.9. The van der Waals surface area contributed by atoms with Crippen LogP contribution in [0.5, 0.6) is 5.75 Å². The van der Waals surface area contributed by atoms with Gasteiger partial charge in [0.05, 0.1) is 51.6 Å². The maximum atomic E-state index is 12.3. The maximum Gasteiger partial charge on any atom is 0.300 e. The van der Waals surface area contributed by atoms with E-state index in [0.717, 1.165) is 12.0 Å². The van der Waals surface area contributed by atoms with E-state index in [-0.39, 0.29) is 86.5 Å². The molecule has 1 aromatic carbocycles. The van der Waals surface area contributed by atoms with Crippen LogP contribution in [-0.4, -0.2) is 142 Å². The fourth-order valence-electron chi connectivity index (χ4n) is 5.30. The second-order valence-corrected chi connectivity index (χ2v) is 13.1. The Morgan fingerprint density at radius 3 is 2.18 bits per heavy atom. The number of aliphatic hydroxyl groups excluding tert-OH is 1. The topological polar surface area (TPSA) is 263 Å². The Morgan fingerprint density at radius 2 is 1.55 bits per heavy atom. The Bertz CT molecular complexity index is 1390. The average Bonchev–Trinajstić information content (AvgIpc) is 3.67. The summed E-state index contributed by atoms with van der Waals surface area (Å²) in [5, 5.41) is 23.3. The number of carbonyl (C=O) groups is 6. The molecule has 0 radical (unpaired) electrons. The Kier molecular flexibility index (Phi) is 26.3. The van der Waals surface area contributed by atoms with Crippen molar-refractivity contribution in [3.8, 4) is 5.75 Å². The van der Waals surface area contributed by atoms with Crippen molar-refractivity contribution in [1.82, 2.24) is 15.5 Å². The number of likely N-dealkylation sites (tertiary alicyclic amines) is 1. The number of hydrogen-bond acceptors (Lipinski definition) is 13. The summed E-state index contributed by atoms with van der Waals surface area (Å²) < 4.78 is 21.1. The molecule has 8 N–H and O–H groups in total. The first-order chi connectivity index (χ1) is 26.8. The maximum absolute atomic E-state index is 12.3. The van der Waals surface area contributed by atoms with Gasteiger partial charge in [-0.2, -0.15) is 0 Å². The highest BCUT2D eigenvalue weighted by Crippen LogP contribution is 2.23. The van der Waals surface area contributed by atoms with Crippen molar-refractivity contribution >= 4 is 35.2 Å². The third kappa shape index (κ3) is 22.1. The van der Waals surface area contributed by atoms with Crippen molar-refractivity contribution < 1.29 is 57.9 Å². The number of nitrogens with two attached hydrogens (primary N) is 2. The molecule has 0 aromatic heterocycles. The van der Waals surface area contributed by atoms with E-state index in [2.05, 4.69) is 15.5 Å². The zero-order valence-electron chi connectivity index (χ0n) is 32.6. The van der Waals surface area contributed by atoms with Gasteiger partial charge in [-0.1, -0.05) is 19.1 Å². The summed E-state index contributed by atoms with van der Waals surface area (Å²) >= 11 is 0. The van der Waals surface area contributed by atoms with E-state index in [9.17, 15) is 33.9 Å². The van der Waals surface area contributed by atoms with Crippen molar-refractivity contribution in [2.24, 2.45) is 17.4 Å². The van der Waals surface area contributed by atoms with Crippen LogP contribution in [0.3, 0.4) is 0 Å². The van der Waals surface area contributed by atoms with Gasteiger partial charge in [-0.3, -0.25) is 38.5 Å². The van der Waals surface area contributed by atoms with Crippen molar-refractivity contribution in [3.05, 3.63) is 41.2 Å². The number of phenols is 1. The van der Waals surface area contributed by atoms with E-state index in [1.54, 1.807) is 24.3 Å². The highest BCUT2D eigenvalue weighted by Gasteiger charge is 2.35. The van der Waals surface area contributed by atoms with Crippen LogP contribution >= 0.6 is 0 Å². The average molecular weight is 793 g/mol. The number of carbonyl (C=O) groups excluding carboxylic acids is 6. The van der Waals surface area contributed by atoms with Crippen molar-refractivity contribution in [1.29, 1.82) is 0 Å². The zero-order chi connectivity index (χ0) is 41.7. The number of aliphatic hydroxyl groups is 1. The number of amides is 4. The number of nitrogens with zero attached hydrogens (tertiary/aromatic N) is 2. The lowest BCUT2D eigenvalue weighted by Crippen LogP contribution is -2.45.